The van der Waals surface area contributed by atoms with Gasteiger partial charge in [-0.05, 0) is 25.5 Å². The van der Waals surface area contributed by atoms with E-state index >= 15 is 0 Å². The molecule has 144 valence electrons. The summed E-state index contributed by atoms with van der Waals surface area (Å²) in [5, 5.41) is 7.10. The van der Waals surface area contributed by atoms with Gasteiger partial charge in [-0.2, -0.15) is 10.1 Å². The van der Waals surface area contributed by atoms with Crippen molar-refractivity contribution in [2.24, 2.45) is 5.10 Å². The van der Waals surface area contributed by atoms with E-state index in [1.807, 2.05) is 26.0 Å². The van der Waals surface area contributed by atoms with E-state index in [-0.39, 0.29) is 17.9 Å². The van der Waals surface area contributed by atoms with E-state index in [1.54, 1.807) is 12.3 Å². The van der Waals surface area contributed by atoms with Crippen LogP contribution in [0.1, 0.15) is 26.4 Å². The maximum Gasteiger partial charge on any atom is 0.261 e. The normalized spacial score (nSPS) is 14.4. The number of nitrogens with one attached hydrogen (secondary N) is 2. The Morgan fingerprint density at radius 2 is 2.00 bits per heavy atom. The van der Waals surface area contributed by atoms with Crippen LogP contribution < -0.4 is 16.5 Å². The van der Waals surface area contributed by atoms with Gasteiger partial charge in [0.05, 0.1) is 40.6 Å². The monoisotopic (exact) mass is 396 g/mol. The molecule has 28 heavy (non-hydrogen) atoms. The number of hydrogen-bond acceptors (Lipinski definition) is 8. The number of nitrogens with zero attached hydrogens (tertiary/aromatic N) is 3. The number of hydrogen-bond donors (Lipinski definition) is 3. The average Bonchev–Trinajstić information content (AvgIpc) is 3.02. The maximum absolute atomic E-state index is 12.3. The van der Waals surface area contributed by atoms with Gasteiger partial charge in [-0.3, -0.25) is 4.79 Å². The van der Waals surface area contributed by atoms with Gasteiger partial charge >= 0.3 is 0 Å². The number of aryl methyl sites for hydroxylation is 2. The molecule has 0 saturated carbocycles. The van der Waals surface area contributed by atoms with Crippen LogP contribution in [0.25, 0.3) is 10.2 Å². The predicted octanol–water partition coefficient (Wildman–Crippen LogP) is 2.46. The summed E-state index contributed by atoms with van der Waals surface area (Å²) in [5.74, 6) is 0.436. The molecule has 1 aliphatic rings. The Kier molecular flexibility index (Phi) is 4.93. The number of amides is 1. The van der Waals surface area contributed by atoms with Gasteiger partial charge in [-0.25, -0.2) is 10.4 Å². The zero-order valence-corrected chi connectivity index (χ0v) is 16.3. The third kappa shape index (κ3) is 3.95. The quantitative estimate of drug-likeness (QED) is 0.451. The molecule has 3 aromatic rings. The lowest BCUT2D eigenvalue weighted by molar-refractivity contribution is -0.00338. The minimum absolute atomic E-state index is 0.0676. The average molecular weight is 396 g/mol. The molecule has 0 unspecified atom stereocenters. The van der Waals surface area contributed by atoms with Crippen molar-refractivity contribution < 1.29 is 9.53 Å². The Balaban J connectivity index is 1.51. The highest BCUT2D eigenvalue weighted by molar-refractivity contribution is 7.21. The number of fused-ring (bicyclic) bond motifs is 1. The second kappa shape index (κ2) is 7.53. The number of nitrogens with two attached hydrogens (primary N) is 1. The van der Waals surface area contributed by atoms with Crippen LogP contribution in [-0.4, -0.2) is 41.3 Å². The number of thiophene rings is 1. The first kappa shape index (κ1) is 18.3. The fraction of sp³-hybridized carbons (Fsp3) is 0.263. The highest BCUT2D eigenvalue weighted by atomic mass is 32.1. The van der Waals surface area contributed by atoms with Gasteiger partial charge in [0.15, 0.2) is 0 Å². The van der Waals surface area contributed by atoms with Crippen molar-refractivity contribution in [1.82, 2.24) is 15.3 Å². The van der Waals surface area contributed by atoms with Crippen molar-refractivity contribution in [3.8, 4) is 0 Å². The number of benzene rings is 1. The second-order valence-electron chi connectivity index (χ2n) is 6.76. The number of anilines is 2. The summed E-state index contributed by atoms with van der Waals surface area (Å²) in [6.07, 6.45) is 1.71. The summed E-state index contributed by atoms with van der Waals surface area (Å²) in [4.78, 5) is 21.5. The number of nitrogen functional groups attached to an aromatic ring is 1. The van der Waals surface area contributed by atoms with E-state index in [9.17, 15) is 4.79 Å². The maximum atomic E-state index is 12.3. The Labute approximate surface area is 165 Å². The van der Waals surface area contributed by atoms with E-state index in [0.717, 1.165) is 5.56 Å². The topological polar surface area (TPSA) is 115 Å². The minimum Gasteiger partial charge on any atom is -0.382 e. The highest BCUT2D eigenvalue weighted by Gasteiger charge is 2.22. The van der Waals surface area contributed by atoms with Crippen LogP contribution in [0.3, 0.4) is 0 Å². The number of aromatic nitrogens is 2. The molecule has 3 heterocycles. The number of ether oxygens (including phenoxy) is 1. The summed E-state index contributed by atoms with van der Waals surface area (Å²) in [7, 11) is 0. The SMILES string of the molecule is Cc1cc(C)cc(/C=N/Nc2nc(N)c3sc(C(=O)NC4COC4)cc3n2)c1. The molecular weight excluding hydrogens is 376 g/mol. The number of carbonyl (C=O) groups is 1. The third-order valence-corrected chi connectivity index (χ3v) is 5.36. The summed E-state index contributed by atoms with van der Waals surface area (Å²) in [5.41, 5.74) is 12.8. The van der Waals surface area contributed by atoms with Crippen molar-refractivity contribution in [3.63, 3.8) is 0 Å². The molecule has 4 N–H and O–H groups in total. The van der Waals surface area contributed by atoms with Gasteiger partial charge in [-0.1, -0.05) is 29.3 Å². The zero-order chi connectivity index (χ0) is 19.7. The molecule has 4 rings (SSSR count). The fourth-order valence-electron chi connectivity index (χ4n) is 2.94. The van der Waals surface area contributed by atoms with Crippen LogP contribution in [0.4, 0.5) is 11.8 Å². The van der Waals surface area contributed by atoms with Crippen molar-refractivity contribution in [2.75, 3.05) is 24.4 Å². The van der Waals surface area contributed by atoms with Gasteiger partial charge in [-0.15, -0.1) is 11.3 Å². The minimum atomic E-state index is -0.155. The lowest BCUT2D eigenvalue weighted by Crippen LogP contribution is -2.48. The smallest absolute Gasteiger partial charge is 0.261 e. The van der Waals surface area contributed by atoms with Gasteiger partial charge in [0.1, 0.15) is 5.82 Å². The van der Waals surface area contributed by atoms with Crippen molar-refractivity contribution in [1.29, 1.82) is 0 Å². The Morgan fingerprint density at radius 1 is 1.25 bits per heavy atom. The van der Waals surface area contributed by atoms with Gasteiger partial charge in [0, 0.05) is 0 Å². The number of hydrazone groups is 1. The molecule has 8 nitrogen and oxygen atoms in total. The van der Waals surface area contributed by atoms with E-state index in [2.05, 4.69) is 31.9 Å². The van der Waals surface area contributed by atoms with Crippen LogP contribution in [0.2, 0.25) is 0 Å². The standard InChI is InChI=1S/C19H20N6O2S/c1-10-3-11(2)5-12(4-10)7-21-25-19-23-14-6-15(28-16(14)17(20)24-19)18(26)22-13-8-27-9-13/h3-7,13H,8-9H2,1-2H3,(H,22,26)(H3,20,23,24,25)/b21-7+. The molecule has 1 saturated heterocycles. The van der Waals surface area contributed by atoms with E-state index in [4.69, 9.17) is 10.5 Å². The van der Waals surface area contributed by atoms with Gasteiger partial charge in [0.2, 0.25) is 5.95 Å². The summed E-state index contributed by atoms with van der Waals surface area (Å²) < 4.78 is 5.75. The zero-order valence-electron chi connectivity index (χ0n) is 15.5. The summed E-state index contributed by atoms with van der Waals surface area (Å²) in [6, 6.07) is 7.95. The van der Waals surface area contributed by atoms with Crippen molar-refractivity contribution >= 4 is 45.4 Å². The lowest BCUT2D eigenvalue weighted by Gasteiger charge is -2.26. The molecule has 1 aliphatic heterocycles. The van der Waals surface area contributed by atoms with Crippen LogP contribution in [-0.2, 0) is 4.74 Å². The number of carbonyl (C=O) groups excluding carboxylic acids is 1. The van der Waals surface area contributed by atoms with Crippen LogP contribution in [0.5, 0.6) is 0 Å². The van der Waals surface area contributed by atoms with Crippen LogP contribution in [0, 0.1) is 13.8 Å². The molecule has 0 aliphatic carbocycles. The molecule has 1 aromatic carbocycles. The third-order valence-electron chi connectivity index (χ3n) is 4.22. The van der Waals surface area contributed by atoms with Crippen molar-refractivity contribution in [3.05, 3.63) is 45.8 Å². The largest absolute Gasteiger partial charge is 0.382 e. The van der Waals surface area contributed by atoms with Crippen molar-refractivity contribution in [2.45, 2.75) is 19.9 Å². The molecule has 0 radical (unpaired) electrons. The molecular formula is C19H20N6O2S. The number of rotatable bonds is 5. The first-order valence-electron chi connectivity index (χ1n) is 8.81. The Morgan fingerprint density at radius 3 is 2.68 bits per heavy atom. The van der Waals surface area contributed by atoms with Gasteiger partial charge in [0.25, 0.3) is 5.91 Å². The lowest BCUT2D eigenvalue weighted by atomic mass is 10.1. The fourth-order valence-corrected chi connectivity index (χ4v) is 3.84. The summed E-state index contributed by atoms with van der Waals surface area (Å²) in [6.45, 7) is 5.17. The van der Waals surface area contributed by atoms with Gasteiger partial charge < -0.3 is 15.8 Å². The Bertz CT molecular complexity index is 1050. The summed E-state index contributed by atoms with van der Waals surface area (Å²) >= 11 is 1.27. The molecule has 1 fully saturated rings. The highest BCUT2D eigenvalue weighted by Crippen LogP contribution is 2.29. The first-order valence-corrected chi connectivity index (χ1v) is 9.62. The first-order chi connectivity index (χ1) is 13.5. The molecule has 2 aromatic heterocycles. The molecule has 0 bridgehead atoms. The molecule has 9 heteroatoms. The van der Waals surface area contributed by atoms with Crippen LogP contribution in [0.15, 0.2) is 29.4 Å². The molecule has 0 atom stereocenters. The molecule has 1 amide bonds. The second-order valence-corrected chi connectivity index (χ2v) is 7.81. The predicted molar refractivity (Wildman–Crippen MR) is 111 cm³/mol. The van der Waals surface area contributed by atoms with Crippen LogP contribution >= 0.6 is 11.3 Å². The molecule has 0 spiro atoms. The van der Waals surface area contributed by atoms with E-state index in [1.165, 1.54) is 22.5 Å². The van der Waals surface area contributed by atoms with E-state index < -0.39 is 0 Å². The van der Waals surface area contributed by atoms with E-state index in [0.29, 0.717) is 34.1 Å². The Hall–Kier alpha value is -3.04.